The van der Waals surface area contributed by atoms with E-state index in [4.69, 9.17) is 0 Å². The number of rotatable bonds is 4. The number of nitrogens with zero attached hydrogens (tertiary/aromatic N) is 1. The summed E-state index contributed by atoms with van der Waals surface area (Å²) in [6.45, 7) is 4.99. The monoisotopic (exact) mass is 249 g/mol. The molecule has 3 nitrogen and oxygen atoms in total. The van der Waals surface area contributed by atoms with Crippen molar-refractivity contribution in [3.63, 3.8) is 0 Å². The average Bonchev–Trinajstić information content (AvgIpc) is 2.36. The molecule has 0 amide bonds. The zero-order chi connectivity index (χ0) is 13.1. The molecular formula is C15H23NO2. The number of aliphatic hydroxyl groups is 1. The Kier molecular flexibility index (Phi) is 4.23. The maximum absolute atomic E-state index is 12.3. The molecule has 0 aromatic carbocycles. The molecule has 2 rings (SSSR count). The normalized spacial score (nSPS) is 14.9. The maximum Gasteiger partial charge on any atom is 0.256 e. The van der Waals surface area contributed by atoms with Gasteiger partial charge in [0.25, 0.3) is 5.56 Å². The van der Waals surface area contributed by atoms with Crippen LogP contribution in [0.25, 0.3) is 0 Å². The van der Waals surface area contributed by atoms with Gasteiger partial charge in [-0.3, -0.25) is 4.79 Å². The van der Waals surface area contributed by atoms with Crippen molar-refractivity contribution in [2.45, 2.75) is 59.1 Å². The Morgan fingerprint density at radius 3 is 2.72 bits per heavy atom. The fourth-order valence-corrected chi connectivity index (χ4v) is 2.68. The van der Waals surface area contributed by atoms with Gasteiger partial charge in [-0.15, -0.1) is 0 Å². The maximum atomic E-state index is 12.3. The number of fused-ring (bicyclic) bond motifs is 1. The van der Waals surface area contributed by atoms with Gasteiger partial charge in [0.15, 0.2) is 0 Å². The highest BCUT2D eigenvalue weighted by molar-refractivity contribution is 5.28. The molecule has 1 heterocycles. The third kappa shape index (κ3) is 2.66. The van der Waals surface area contributed by atoms with Gasteiger partial charge in [0, 0.05) is 17.8 Å². The van der Waals surface area contributed by atoms with Gasteiger partial charge >= 0.3 is 0 Å². The number of pyridine rings is 1. The van der Waals surface area contributed by atoms with E-state index in [0.717, 1.165) is 25.8 Å². The SMILES string of the molecule is CC(C)CCn1c2c(cc(CO)c1=O)CCCC2. The van der Waals surface area contributed by atoms with Gasteiger partial charge in [-0.2, -0.15) is 0 Å². The number of hydrogen-bond acceptors (Lipinski definition) is 2. The first-order chi connectivity index (χ1) is 8.63. The summed E-state index contributed by atoms with van der Waals surface area (Å²) >= 11 is 0. The first kappa shape index (κ1) is 13.3. The molecule has 0 bridgehead atoms. The van der Waals surface area contributed by atoms with E-state index >= 15 is 0 Å². The van der Waals surface area contributed by atoms with E-state index in [9.17, 15) is 9.90 Å². The average molecular weight is 249 g/mol. The Labute approximate surface area is 108 Å². The number of aromatic nitrogens is 1. The van der Waals surface area contributed by atoms with Gasteiger partial charge in [0.05, 0.1) is 6.61 Å². The second-order valence-corrected chi connectivity index (χ2v) is 5.65. The third-order valence-corrected chi connectivity index (χ3v) is 3.77. The van der Waals surface area contributed by atoms with Crippen LogP contribution in [-0.4, -0.2) is 9.67 Å². The molecule has 0 saturated heterocycles. The molecule has 0 atom stereocenters. The fraction of sp³-hybridized carbons (Fsp3) is 0.667. The first-order valence-corrected chi connectivity index (χ1v) is 6.98. The van der Waals surface area contributed by atoms with E-state index in [2.05, 4.69) is 13.8 Å². The van der Waals surface area contributed by atoms with Crippen LogP contribution in [0.4, 0.5) is 0 Å². The molecule has 0 spiro atoms. The van der Waals surface area contributed by atoms with E-state index in [-0.39, 0.29) is 12.2 Å². The molecule has 0 radical (unpaired) electrons. The lowest BCUT2D eigenvalue weighted by atomic mass is 9.94. The van der Waals surface area contributed by atoms with Crippen molar-refractivity contribution < 1.29 is 5.11 Å². The molecule has 1 aromatic rings. The molecule has 0 saturated carbocycles. The lowest BCUT2D eigenvalue weighted by Gasteiger charge is -2.22. The van der Waals surface area contributed by atoms with E-state index in [1.54, 1.807) is 0 Å². The van der Waals surface area contributed by atoms with Crippen LogP contribution in [0.2, 0.25) is 0 Å². The Hall–Kier alpha value is -1.09. The molecule has 1 N–H and O–H groups in total. The summed E-state index contributed by atoms with van der Waals surface area (Å²) in [6, 6.07) is 1.92. The van der Waals surface area contributed by atoms with Crippen LogP contribution >= 0.6 is 0 Å². The van der Waals surface area contributed by atoms with E-state index < -0.39 is 0 Å². The zero-order valence-electron chi connectivity index (χ0n) is 11.4. The summed E-state index contributed by atoms with van der Waals surface area (Å²) in [6.07, 6.45) is 5.44. The van der Waals surface area contributed by atoms with Crippen molar-refractivity contribution in [2.24, 2.45) is 5.92 Å². The van der Waals surface area contributed by atoms with Crippen molar-refractivity contribution in [2.75, 3.05) is 0 Å². The lowest BCUT2D eigenvalue weighted by molar-refractivity contribution is 0.278. The molecule has 0 aliphatic heterocycles. The first-order valence-electron chi connectivity index (χ1n) is 6.98. The molecular weight excluding hydrogens is 226 g/mol. The predicted molar refractivity (Wildman–Crippen MR) is 72.7 cm³/mol. The van der Waals surface area contributed by atoms with Crippen LogP contribution in [0.15, 0.2) is 10.9 Å². The second-order valence-electron chi connectivity index (χ2n) is 5.65. The molecule has 1 aliphatic rings. The summed E-state index contributed by atoms with van der Waals surface area (Å²) in [5.41, 5.74) is 3.05. The highest BCUT2D eigenvalue weighted by Gasteiger charge is 2.17. The van der Waals surface area contributed by atoms with Crippen LogP contribution in [0.1, 0.15) is 49.9 Å². The highest BCUT2D eigenvalue weighted by Crippen LogP contribution is 2.21. The molecule has 100 valence electrons. The van der Waals surface area contributed by atoms with Gasteiger partial charge in [0.2, 0.25) is 0 Å². The Bertz CT molecular complexity index is 474. The standard InChI is InChI=1S/C15H23NO2/c1-11(2)7-8-16-14-6-4-3-5-12(14)9-13(10-17)15(16)18/h9,11,17H,3-8,10H2,1-2H3. The second kappa shape index (κ2) is 5.70. The van der Waals surface area contributed by atoms with Crippen molar-refractivity contribution >= 4 is 0 Å². The minimum atomic E-state index is -0.145. The number of hydrogen-bond donors (Lipinski definition) is 1. The van der Waals surface area contributed by atoms with Gasteiger partial charge in [-0.1, -0.05) is 13.8 Å². The van der Waals surface area contributed by atoms with Crippen molar-refractivity contribution in [3.8, 4) is 0 Å². The summed E-state index contributed by atoms with van der Waals surface area (Å²) in [4.78, 5) is 12.3. The van der Waals surface area contributed by atoms with Crippen molar-refractivity contribution in [1.29, 1.82) is 0 Å². The van der Waals surface area contributed by atoms with Gasteiger partial charge in [-0.05, 0) is 49.7 Å². The molecule has 0 unspecified atom stereocenters. The van der Waals surface area contributed by atoms with Crippen LogP contribution in [0, 0.1) is 5.92 Å². The smallest absolute Gasteiger partial charge is 0.256 e. The fourth-order valence-electron chi connectivity index (χ4n) is 2.68. The minimum Gasteiger partial charge on any atom is -0.391 e. The minimum absolute atomic E-state index is 0.0128. The van der Waals surface area contributed by atoms with Gasteiger partial charge in [-0.25, -0.2) is 0 Å². The van der Waals surface area contributed by atoms with Crippen LogP contribution < -0.4 is 5.56 Å². The molecule has 1 aliphatic carbocycles. The van der Waals surface area contributed by atoms with Gasteiger partial charge in [0.1, 0.15) is 0 Å². The summed E-state index contributed by atoms with van der Waals surface area (Å²) < 4.78 is 1.92. The molecule has 1 aromatic heterocycles. The van der Waals surface area contributed by atoms with E-state index in [1.807, 2.05) is 10.6 Å². The van der Waals surface area contributed by atoms with Crippen molar-refractivity contribution in [3.05, 3.63) is 33.2 Å². The van der Waals surface area contributed by atoms with Crippen LogP contribution in [-0.2, 0) is 26.0 Å². The quantitative estimate of drug-likeness (QED) is 0.889. The molecule has 0 fully saturated rings. The Morgan fingerprint density at radius 1 is 1.33 bits per heavy atom. The number of aliphatic hydroxyl groups excluding tert-OH is 1. The summed E-state index contributed by atoms with van der Waals surface area (Å²) in [5, 5.41) is 9.31. The lowest BCUT2D eigenvalue weighted by Crippen LogP contribution is -2.30. The summed E-state index contributed by atoms with van der Waals surface area (Å²) in [7, 11) is 0. The van der Waals surface area contributed by atoms with E-state index in [1.165, 1.54) is 24.1 Å². The Morgan fingerprint density at radius 2 is 2.06 bits per heavy atom. The largest absolute Gasteiger partial charge is 0.391 e. The van der Waals surface area contributed by atoms with Crippen LogP contribution in [0.5, 0.6) is 0 Å². The predicted octanol–water partition coefficient (Wildman–Crippen LogP) is 2.27. The third-order valence-electron chi connectivity index (χ3n) is 3.77. The van der Waals surface area contributed by atoms with Crippen LogP contribution in [0.3, 0.4) is 0 Å². The van der Waals surface area contributed by atoms with Crippen molar-refractivity contribution in [1.82, 2.24) is 4.57 Å². The number of aryl methyl sites for hydroxylation is 1. The zero-order valence-corrected chi connectivity index (χ0v) is 11.4. The highest BCUT2D eigenvalue weighted by atomic mass is 16.3. The van der Waals surface area contributed by atoms with Gasteiger partial charge < -0.3 is 9.67 Å². The topological polar surface area (TPSA) is 42.2 Å². The van der Waals surface area contributed by atoms with E-state index in [0.29, 0.717) is 11.5 Å². The molecule has 18 heavy (non-hydrogen) atoms. The molecule has 3 heteroatoms. The summed E-state index contributed by atoms with van der Waals surface area (Å²) in [5.74, 6) is 0.592. The Balaban J connectivity index is 2.43.